The minimum absolute atomic E-state index is 0.00208. The van der Waals surface area contributed by atoms with Crippen LogP contribution in [0.2, 0.25) is 10.0 Å². The third kappa shape index (κ3) is 5.84. The van der Waals surface area contributed by atoms with Crippen LogP contribution < -0.4 is 0 Å². The molecular weight excluding hydrogens is 538 g/mol. The zero-order valence-electron chi connectivity index (χ0n) is 19.7. The van der Waals surface area contributed by atoms with Gasteiger partial charge < -0.3 is 4.57 Å². The highest BCUT2D eigenvalue weighted by Crippen LogP contribution is 2.36. The second-order valence-corrected chi connectivity index (χ2v) is 10.8. The van der Waals surface area contributed by atoms with Crippen LogP contribution in [0.3, 0.4) is 0 Å². The number of hydrogen-bond donors (Lipinski definition) is 0. The summed E-state index contributed by atoms with van der Waals surface area (Å²) in [4.78, 5) is 8.94. The summed E-state index contributed by atoms with van der Waals surface area (Å²) in [6.07, 6.45) is -3.73. The first kappa shape index (κ1) is 25.8. The lowest BCUT2D eigenvalue weighted by atomic mass is 9.91. The third-order valence-electron chi connectivity index (χ3n) is 6.34. The molecule has 0 saturated carbocycles. The van der Waals surface area contributed by atoms with E-state index >= 15 is 0 Å². The fraction of sp³-hybridized carbons (Fsp3) is 0.214. The number of thiazole rings is 1. The van der Waals surface area contributed by atoms with Crippen molar-refractivity contribution < 1.29 is 13.2 Å². The van der Waals surface area contributed by atoms with Crippen molar-refractivity contribution in [3.05, 3.63) is 116 Å². The highest BCUT2D eigenvalue weighted by atomic mass is 35.5. The number of aromatic nitrogens is 3. The van der Waals surface area contributed by atoms with Crippen LogP contribution >= 0.6 is 34.5 Å². The number of alkyl halides is 3. The number of hydrogen-bond acceptors (Lipinski definition) is 3. The normalized spacial score (nSPS) is 13.7. The Bertz CT molecular complexity index is 1500. The van der Waals surface area contributed by atoms with E-state index < -0.39 is 12.6 Å². The van der Waals surface area contributed by atoms with Gasteiger partial charge in [0.2, 0.25) is 0 Å². The molecule has 190 valence electrons. The van der Waals surface area contributed by atoms with Crippen molar-refractivity contribution in [2.75, 3.05) is 0 Å². The molecule has 0 spiro atoms. The monoisotopic (exact) mass is 559 g/mol. The van der Waals surface area contributed by atoms with Gasteiger partial charge in [-0.15, -0.1) is 11.3 Å². The quantitative estimate of drug-likeness (QED) is 0.199. The molecule has 5 rings (SSSR count). The van der Waals surface area contributed by atoms with E-state index in [1.807, 2.05) is 60.8 Å². The molecule has 2 aromatic heterocycles. The Labute approximate surface area is 226 Å². The molecule has 0 aliphatic heterocycles. The van der Waals surface area contributed by atoms with E-state index in [1.54, 1.807) is 29.0 Å². The van der Waals surface area contributed by atoms with E-state index in [1.165, 1.54) is 11.3 Å². The summed E-state index contributed by atoms with van der Waals surface area (Å²) in [5, 5.41) is 4.04. The lowest BCUT2D eigenvalue weighted by molar-refractivity contribution is -0.128. The van der Waals surface area contributed by atoms with Crippen LogP contribution in [0, 0.1) is 0 Å². The van der Waals surface area contributed by atoms with Gasteiger partial charge >= 0.3 is 6.18 Å². The highest BCUT2D eigenvalue weighted by molar-refractivity contribution is 7.09. The first-order valence-corrected chi connectivity index (χ1v) is 13.3. The van der Waals surface area contributed by atoms with E-state index in [9.17, 15) is 13.2 Å². The summed E-state index contributed by atoms with van der Waals surface area (Å²) in [7, 11) is 0. The van der Waals surface area contributed by atoms with E-state index in [2.05, 4.69) is 9.97 Å². The molecule has 0 fully saturated rings. The first-order chi connectivity index (χ1) is 17.7. The lowest BCUT2D eigenvalue weighted by Crippen LogP contribution is -2.18. The SMILES string of the molecule is CC(Cn1c(CC(F)(F)F)nc2ccc(C(c3ccc(Cl)cc3)c3nccs3)cc21)c1ccc(Cl)cc1. The first-order valence-electron chi connectivity index (χ1n) is 11.6. The molecule has 2 atom stereocenters. The Morgan fingerprint density at radius 3 is 2.11 bits per heavy atom. The standard InChI is InChI=1S/C28H22Cl2F3N3S/c1-17(18-2-7-21(29)8-3-18)16-36-24-14-20(6-11-23(24)35-25(36)15-28(31,32)33)26(27-34-12-13-37-27)19-4-9-22(30)10-5-19/h2-14,17,26H,15-16H2,1H3. The van der Waals surface area contributed by atoms with Gasteiger partial charge in [-0.2, -0.15) is 13.2 Å². The van der Waals surface area contributed by atoms with Gasteiger partial charge in [0, 0.05) is 28.2 Å². The summed E-state index contributed by atoms with van der Waals surface area (Å²) in [5.74, 6) is -0.251. The highest BCUT2D eigenvalue weighted by Gasteiger charge is 2.32. The molecule has 3 nitrogen and oxygen atoms in total. The molecule has 2 unspecified atom stereocenters. The van der Waals surface area contributed by atoms with Crippen LogP contribution in [-0.4, -0.2) is 20.7 Å². The number of nitrogens with zero attached hydrogens (tertiary/aromatic N) is 3. The van der Waals surface area contributed by atoms with Crippen molar-refractivity contribution in [3.63, 3.8) is 0 Å². The number of benzene rings is 3. The Morgan fingerprint density at radius 1 is 0.892 bits per heavy atom. The zero-order chi connectivity index (χ0) is 26.2. The molecule has 3 aromatic carbocycles. The largest absolute Gasteiger partial charge is 0.396 e. The van der Waals surface area contributed by atoms with Crippen molar-refractivity contribution in [2.24, 2.45) is 0 Å². The van der Waals surface area contributed by atoms with Gasteiger partial charge in [0.05, 0.1) is 17.0 Å². The smallest absolute Gasteiger partial charge is 0.327 e. The van der Waals surface area contributed by atoms with Crippen LogP contribution in [0.1, 0.15) is 46.3 Å². The Hall–Kier alpha value is -2.87. The average molecular weight is 560 g/mol. The predicted molar refractivity (Wildman–Crippen MR) is 144 cm³/mol. The molecule has 0 radical (unpaired) electrons. The average Bonchev–Trinajstić information content (AvgIpc) is 3.49. The van der Waals surface area contributed by atoms with E-state index in [0.717, 1.165) is 21.7 Å². The van der Waals surface area contributed by atoms with Crippen LogP contribution in [-0.2, 0) is 13.0 Å². The third-order valence-corrected chi connectivity index (χ3v) is 7.68. The summed E-state index contributed by atoms with van der Waals surface area (Å²) in [5.41, 5.74) is 4.09. The second kappa shape index (κ2) is 10.5. The van der Waals surface area contributed by atoms with Crippen molar-refractivity contribution in [2.45, 2.75) is 37.9 Å². The van der Waals surface area contributed by atoms with E-state index in [0.29, 0.717) is 27.6 Å². The Balaban J connectivity index is 1.62. The molecule has 0 saturated heterocycles. The molecule has 2 heterocycles. The molecule has 0 aliphatic rings. The summed E-state index contributed by atoms with van der Waals surface area (Å²) < 4.78 is 42.2. The molecule has 37 heavy (non-hydrogen) atoms. The van der Waals surface area contributed by atoms with Crippen molar-refractivity contribution >= 4 is 45.6 Å². The fourth-order valence-corrected chi connectivity index (χ4v) is 5.61. The number of halogens is 5. The topological polar surface area (TPSA) is 30.7 Å². The number of imidazole rings is 1. The maximum atomic E-state index is 13.5. The van der Waals surface area contributed by atoms with E-state index in [4.69, 9.17) is 23.2 Å². The van der Waals surface area contributed by atoms with Gasteiger partial charge in [-0.3, -0.25) is 0 Å². The van der Waals surface area contributed by atoms with Crippen LogP contribution in [0.25, 0.3) is 11.0 Å². The van der Waals surface area contributed by atoms with Crippen LogP contribution in [0.4, 0.5) is 13.2 Å². The van der Waals surface area contributed by atoms with E-state index in [-0.39, 0.29) is 17.7 Å². The second-order valence-electron chi connectivity index (χ2n) is 8.99. The minimum Gasteiger partial charge on any atom is -0.327 e. The molecule has 5 aromatic rings. The van der Waals surface area contributed by atoms with Gasteiger partial charge in [0.1, 0.15) is 17.3 Å². The summed E-state index contributed by atoms with van der Waals surface area (Å²) >= 11 is 13.7. The lowest BCUT2D eigenvalue weighted by Gasteiger charge is -2.19. The van der Waals surface area contributed by atoms with Crippen molar-refractivity contribution in [1.29, 1.82) is 0 Å². The number of rotatable bonds is 7. The fourth-order valence-electron chi connectivity index (χ4n) is 4.57. The number of fused-ring (bicyclic) bond motifs is 1. The molecule has 0 bridgehead atoms. The minimum atomic E-state index is -4.38. The van der Waals surface area contributed by atoms with Gasteiger partial charge in [0.25, 0.3) is 0 Å². The molecule has 9 heteroatoms. The Morgan fingerprint density at radius 2 is 1.51 bits per heavy atom. The van der Waals surface area contributed by atoms with Crippen molar-refractivity contribution in [1.82, 2.24) is 14.5 Å². The molecular formula is C28H22Cl2F3N3S. The summed E-state index contributed by atoms with van der Waals surface area (Å²) in [6.45, 7) is 2.33. The maximum absolute atomic E-state index is 13.5. The van der Waals surface area contributed by atoms with Crippen LogP contribution in [0.5, 0.6) is 0 Å². The molecule has 0 amide bonds. The predicted octanol–water partition coefficient (Wildman–Crippen LogP) is 8.89. The van der Waals surface area contributed by atoms with Crippen LogP contribution in [0.15, 0.2) is 78.3 Å². The van der Waals surface area contributed by atoms with Crippen molar-refractivity contribution in [3.8, 4) is 0 Å². The Kier molecular flexibility index (Phi) is 7.30. The van der Waals surface area contributed by atoms with Gasteiger partial charge in [0.15, 0.2) is 0 Å². The molecule has 0 aliphatic carbocycles. The summed E-state index contributed by atoms with van der Waals surface area (Å²) in [6, 6.07) is 20.6. The molecule has 0 N–H and O–H groups in total. The van der Waals surface area contributed by atoms with Gasteiger partial charge in [-0.05, 0) is 59.0 Å². The van der Waals surface area contributed by atoms with Gasteiger partial charge in [-0.1, -0.05) is 60.5 Å². The maximum Gasteiger partial charge on any atom is 0.396 e. The van der Waals surface area contributed by atoms with Gasteiger partial charge in [-0.25, -0.2) is 9.97 Å². The zero-order valence-corrected chi connectivity index (χ0v) is 22.0.